The molecule has 1 fully saturated rings. The van der Waals surface area contributed by atoms with Crippen molar-refractivity contribution in [2.75, 3.05) is 19.6 Å². The van der Waals surface area contributed by atoms with Crippen LogP contribution in [0.2, 0.25) is 0 Å². The van der Waals surface area contributed by atoms with Gasteiger partial charge in [-0.25, -0.2) is 0 Å². The number of nitrogens with zero attached hydrogens (tertiary/aromatic N) is 1. The van der Waals surface area contributed by atoms with Gasteiger partial charge in [-0.05, 0) is 57.7 Å². The predicted octanol–water partition coefficient (Wildman–Crippen LogP) is 2.48. The lowest BCUT2D eigenvalue weighted by molar-refractivity contribution is 0.168. The van der Waals surface area contributed by atoms with Crippen LogP contribution in [-0.2, 0) is 0 Å². The van der Waals surface area contributed by atoms with Gasteiger partial charge < -0.3 is 10.6 Å². The molecule has 1 aliphatic rings. The molecule has 0 aromatic rings. The van der Waals surface area contributed by atoms with E-state index in [1.54, 1.807) is 0 Å². The average molecular weight is 212 g/mol. The second-order valence-corrected chi connectivity index (χ2v) is 5.19. The first kappa shape index (κ1) is 13.0. The lowest BCUT2D eigenvalue weighted by Crippen LogP contribution is -2.40. The Balaban J connectivity index is 2.42. The van der Waals surface area contributed by atoms with Gasteiger partial charge in [-0.1, -0.05) is 20.3 Å². The van der Waals surface area contributed by atoms with Gasteiger partial charge in [-0.3, -0.25) is 0 Å². The summed E-state index contributed by atoms with van der Waals surface area (Å²) in [4.78, 5) is 2.65. The van der Waals surface area contributed by atoms with E-state index in [1.807, 2.05) is 0 Å². The first-order chi connectivity index (χ1) is 7.19. The Labute approximate surface area is 95.2 Å². The molecular weight excluding hydrogens is 184 g/mol. The molecule has 0 radical (unpaired) electrons. The monoisotopic (exact) mass is 212 g/mol. The number of likely N-dealkylation sites (tertiary alicyclic amines) is 1. The summed E-state index contributed by atoms with van der Waals surface area (Å²) in [6, 6.07) is 0.658. The van der Waals surface area contributed by atoms with Gasteiger partial charge in [-0.15, -0.1) is 0 Å². The van der Waals surface area contributed by atoms with Crippen molar-refractivity contribution in [1.29, 1.82) is 0 Å². The third kappa shape index (κ3) is 3.76. The fourth-order valence-electron chi connectivity index (χ4n) is 2.56. The van der Waals surface area contributed by atoms with Crippen LogP contribution in [0.5, 0.6) is 0 Å². The molecule has 3 unspecified atom stereocenters. The lowest BCUT2D eigenvalue weighted by Gasteiger charge is -2.31. The van der Waals surface area contributed by atoms with Crippen molar-refractivity contribution >= 4 is 0 Å². The summed E-state index contributed by atoms with van der Waals surface area (Å²) in [5.41, 5.74) is 5.75. The van der Waals surface area contributed by atoms with Gasteiger partial charge in [0.2, 0.25) is 0 Å². The van der Waals surface area contributed by atoms with Crippen molar-refractivity contribution in [2.24, 2.45) is 17.6 Å². The van der Waals surface area contributed by atoms with Gasteiger partial charge in [0.25, 0.3) is 0 Å². The van der Waals surface area contributed by atoms with Crippen molar-refractivity contribution in [3.8, 4) is 0 Å². The van der Waals surface area contributed by atoms with E-state index in [4.69, 9.17) is 5.73 Å². The Bertz CT molecular complexity index is 170. The normalized spacial score (nSPS) is 28.4. The summed E-state index contributed by atoms with van der Waals surface area (Å²) in [6.45, 7) is 10.3. The van der Waals surface area contributed by atoms with E-state index < -0.39 is 0 Å². The predicted molar refractivity (Wildman–Crippen MR) is 66.9 cm³/mol. The maximum Gasteiger partial charge on any atom is 0.0105 e. The lowest BCUT2D eigenvalue weighted by atomic mass is 9.98. The first-order valence-corrected chi connectivity index (χ1v) is 6.63. The fourth-order valence-corrected chi connectivity index (χ4v) is 2.56. The summed E-state index contributed by atoms with van der Waals surface area (Å²) in [6.07, 6.45) is 5.55. The minimum absolute atomic E-state index is 0.628. The molecule has 0 aliphatic carbocycles. The van der Waals surface area contributed by atoms with E-state index in [9.17, 15) is 0 Å². The van der Waals surface area contributed by atoms with E-state index in [0.29, 0.717) is 12.0 Å². The highest BCUT2D eigenvalue weighted by molar-refractivity contribution is 4.77. The van der Waals surface area contributed by atoms with Crippen LogP contribution in [0.4, 0.5) is 0 Å². The summed E-state index contributed by atoms with van der Waals surface area (Å²) < 4.78 is 0. The molecule has 1 heterocycles. The van der Waals surface area contributed by atoms with Crippen LogP contribution in [0.25, 0.3) is 0 Å². The minimum atomic E-state index is 0.628. The van der Waals surface area contributed by atoms with Gasteiger partial charge in [-0.2, -0.15) is 0 Å². The number of rotatable bonds is 4. The van der Waals surface area contributed by atoms with Crippen LogP contribution in [0.1, 0.15) is 46.5 Å². The molecule has 2 N–H and O–H groups in total. The summed E-state index contributed by atoms with van der Waals surface area (Å²) in [5.74, 6) is 1.60. The summed E-state index contributed by atoms with van der Waals surface area (Å²) in [7, 11) is 0. The highest BCUT2D eigenvalue weighted by atomic mass is 15.2. The molecule has 0 amide bonds. The maximum absolute atomic E-state index is 5.75. The molecule has 0 bridgehead atoms. The van der Waals surface area contributed by atoms with E-state index in [2.05, 4.69) is 25.7 Å². The van der Waals surface area contributed by atoms with Crippen LogP contribution in [-0.4, -0.2) is 30.6 Å². The van der Waals surface area contributed by atoms with Gasteiger partial charge in [0.1, 0.15) is 0 Å². The van der Waals surface area contributed by atoms with Crippen LogP contribution in [0.3, 0.4) is 0 Å². The van der Waals surface area contributed by atoms with Crippen molar-refractivity contribution in [1.82, 2.24) is 4.90 Å². The minimum Gasteiger partial charge on any atom is -0.330 e. The zero-order valence-corrected chi connectivity index (χ0v) is 10.7. The molecule has 3 atom stereocenters. The van der Waals surface area contributed by atoms with Crippen LogP contribution < -0.4 is 5.73 Å². The van der Waals surface area contributed by atoms with Crippen LogP contribution >= 0.6 is 0 Å². The van der Waals surface area contributed by atoms with E-state index in [-0.39, 0.29) is 0 Å². The van der Waals surface area contributed by atoms with Gasteiger partial charge in [0.15, 0.2) is 0 Å². The Hall–Kier alpha value is -0.0800. The standard InChI is InChI=1S/C13H28N2/c1-4-13-6-5-8-15(9-7-13)12(3)11(2)10-14/h11-13H,4-10,14H2,1-3H3. The zero-order valence-electron chi connectivity index (χ0n) is 10.7. The van der Waals surface area contributed by atoms with Crippen molar-refractivity contribution in [3.05, 3.63) is 0 Å². The molecule has 90 valence electrons. The summed E-state index contributed by atoms with van der Waals surface area (Å²) in [5, 5.41) is 0. The van der Waals surface area contributed by atoms with E-state index >= 15 is 0 Å². The molecule has 15 heavy (non-hydrogen) atoms. The number of nitrogens with two attached hydrogens (primary N) is 1. The fraction of sp³-hybridized carbons (Fsp3) is 1.00. The Kier molecular flexibility index (Phi) is 5.62. The van der Waals surface area contributed by atoms with Gasteiger partial charge in [0, 0.05) is 6.04 Å². The first-order valence-electron chi connectivity index (χ1n) is 6.63. The van der Waals surface area contributed by atoms with Gasteiger partial charge in [0.05, 0.1) is 0 Å². The molecule has 0 saturated carbocycles. The maximum atomic E-state index is 5.75. The number of hydrogen-bond donors (Lipinski definition) is 1. The highest BCUT2D eigenvalue weighted by Crippen LogP contribution is 2.22. The summed E-state index contributed by atoms with van der Waals surface area (Å²) >= 11 is 0. The molecule has 0 aromatic heterocycles. The quantitative estimate of drug-likeness (QED) is 0.776. The SMILES string of the molecule is CCC1CCCN(C(C)C(C)CN)CC1. The van der Waals surface area contributed by atoms with Gasteiger partial charge >= 0.3 is 0 Å². The molecular formula is C13H28N2. The Morgan fingerprint density at radius 1 is 1.27 bits per heavy atom. The second-order valence-electron chi connectivity index (χ2n) is 5.19. The van der Waals surface area contributed by atoms with E-state index in [0.717, 1.165) is 12.5 Å². The molecule has 2 nitrogen and oxygen atoms in total. The number of hydrogen-bond acceptors (Lipinski definition) is 2. The van der Waals surface area contributed by atoms with Crippen LogP contribution in [0.15, 0.2) is 0 Å². The molecule has 0 spiro atoms. The smallest absolute Gasteiger partial charge is 0.0105 e. The Morgan fingerprint density at radius 3 is 2.60 bits per heavy atom. The highest BCUT2D eigenvalue weighted by Gasteiger charge is 2.22. The molecule has 2 heteroatoms. The van der Waals surface area contributed by atoms with Crippen molar-refractivity contribution in [2.45, 2.75) is 52.5 Å². The van der Waals surface area contributed by atoms with E-state index in [1.165, 1.54) is 38.8 Å². The average Bonchev–Trinajstić information content (AvgIpc) is 2.51. The largest absolute Gasteiger partial charge is 0.330 e. The molecule has 0 aromatic carbocycles. The molecule has 1 saturated heterocycles. The molecule has 1 aliphatic heterocycles. The Morgan fingerprint density at radius 2 is 2.00 bits per heavy atom. The van der Waals surface area contributed by atoms with Crippen LogP contribution in [0, 0.1) is 11.8 Å². The molecule has 1 rings (SSSR count). The third-order valence-electron chi connectivity index (χ3n) is 4.23. The third-order valence-corrected chi connectivity index (χ3v) is 4.23. The van der Waals surface area contributed by atoms with Crippen molar-refractivity contribution < 1.29 is 0 Å². The topological polar surface area (TPSA) is 29.3 Å². The second kappa shape index (κ2) is 6.49. The zero-order chi connectivity index (χ0) is 11.3. The van der Waals surface area contributed by atoms with Crippen molar-refractivity contribution in [3.63, 3.8) is 0 Å².